The topological polar surface area (TPSA) is 17.1 Å². The number of halogens is 1. The summed E-state index contributed by atoms with van der Waals surface area (Å²) in [5, 5.41) is 0. The van der Waals surface area contributed by atoms with Gasteiger partial charge in [-0.05, 0) is 46.6 Å². The first-order valence-electron chi connectivity index (χ1n) is 6.15. The van der Waals surface area contributed by atoms with Gasteiger partial charge in [-0.25, -0.2) is 0 Å². The second kappa shape index (κ2) is 7.27. The van der Waals surface area contributed by atoms with Gasteiger partial charge < -0.3 is 0 Å². The van der Waals surface area contributed by atoms with Gasteiger partial charge in [-0.15, -0.1) is 23.1 Å². The summed E-state index contributed by atoms with van der Waals surface area (Å²) in [5.74, 6) is 0.812. The summed E-state index contributed by atoms with van der Waals surface area (Å²) in [6.07, 6.45) is 1.60. The van der Waals surface area contributed by atoms with Crippen molar-refractivity contribution < 1.29 is 4.79 Å². The summed E-state index contributed by atoms with van der Waals surface area (Å²) in [5.41, 5.74) is 0. The quantitative estimate of drug-likeness (QED) is 0.680. The first kappa shape index (κ1) is 14.8. The van der Waals surface area contributed by atoms with E-state index in [0.29, 0.717) is 12.2 Å². The maximum absolute atomic E-state index is 12.0. The van der Waals surface area contributed by atoms with Crippen molar-refractivity contribution in [3.05, 3.63) is 50.6 Å². The number of thioether (sulfide) groups is 1. The summed E-state index contributed by atoms with van der Waals surface area (Å²) in [6, 6.07) is 12.2. The van der Waals surface area contributed by atoms with Gasteiger partial charge in [0.25, 0.3) is 0 Å². The van der Waals surface area contributed by atoms with E-state index in [9.17, 15) is 4.79 Å². The first-order valence-corrected chi connectivity index (χ1v) is 8.75. The zero-order chi connectivity index (χ0) is 13.7. The second-order valence-electron chi connectivity index (χ2n) is 4.16. The molecule has 0 saturated carbocycles. The monoisotopic (exact) mass is 354 g/mol. The van der Waals surface area contributed by atoms with Gasteiger partial charge in [-0.1, -0.05) is 19.1 Å². The van der Waals surface area contributed by atoms with Crippen molar-refractivity contribution in [1.82, 2.24) is 0 Å². The van der Waals surface area contributed by atoms with Crippen LogP contribution >= 0.6 is 39.0 Å². The number of thiophene rings is 1. The van der Waals surface area contributed by atoms with E-state index in [1.807, 2.05) is 24.3 Å². The van der Waals surface area contributed by atoms with E-state index in [4.69, 9.17) is 0 Å². The minimum Gasteiger partial charge on any atom is -0.298 e. The molecule has 1 aromatic carbocycles. The number of rotatable bonds is 6. The maximum Gasteiger partial charge on any atom is 0.148 e. The lowest BCUT2D eigenvalue weighted by atomic mass is 10.2. The summed E-state index contributed by atoms with van der Waals surface area (Å²) < 4.78 is 1.05. The molecular weight excluding hydrogens is 340 g/mol. The Morgan fingerprint density at radius 2 is 1.95 bits per heavy atom. The normalized spacial score (nSPS) is 10.6. The Morgan fingerprint density at radius 3 is 2.63 bits per heavy atom. The van der Waals surface area contributed by atoms with Crippen LogP contribution in [0.3, 0.4) is 0 Å². The predicted molar refractivity (Wildman–Crippen MR) is 87.3 cm³/mol. The summed E-state index contributed by atoms with van der Waals surface area (Å²) in [4.78, 5) is 15.6. The fourth-order valence-electron chi connectivity index (χ4n) is 1.67. The van der Waals surface area contributed by atoms with Crippen molar-refractivity contribution in [2.24, 2.45) is 0 Å². The molecule has 0 bridgehead atoms. The lowest BCUT2D eigenvalue weighted by molar-refractivity contribution is -0.115. The van der Waals surface area contributed by atoms with Crippen LogP contribution < -0.4 is 0 Å². The Kier molecular flexibility index (Phi) is 5.67. The standard InChI is InChI=1S/C15H15BrOS2/c1-2-12-7-8-13(19-12)9-11(17)10-18-15-6-4-3-5-14(15)16/h3-8H,2,9-10H2,1H3. The number of hydrogen-bond acceptors (Lipinski definition) is 3. The van der Waals surface area contributed by atoms with E-state index in [0.717, 1.165) is 15.8 Å². The highest BCUT2D eigenvalue weighted by Crippen LogP contribution is 2.27. The van der Waals surface area contributed by atoms with Crippen LogP contribution in [0.25, 0.3) is 0 Å². The van der Waals surface area contributed by atoms with Crippen LogP contribution in [0.5, 0.6) is 0 Å². The molecule has 1 heterocycles. The molecule has 0 fully saturated rings. The third-order valence-electron chi connectivity index (χ3n) is 2.66. The lowest BCUT2D eigenvalue weighted by Crippen LogP contribution is -2.04. The molecule has 0 aliphatic carbocycles. The fourth-order valence-corrected chi connectivity index (χ4v) is 4.09. The van der Waals surface area contributed by atoms with Crippen LogP contribution in [0.1, 0.15) is 16.7 Å². The highest BCUT2D eigenvalue weighted by atomic mass is 79.9. The Morgan fingerprint density at radius 1 is 1.21 bits per heavy atom. The lowest BCUT2D eigenvalue weighted by Gasteiger charge is -2.03. The Labute approximate surface area is 130 Å². The first-order chi connectivity index (χ1) is 9.19. The van der Waals surface area contributed by atoms with Gasteiger partial charge in [-0.2, -0.15) is 0 Å². The van der Waals surface area contributed by atoms with E-state index in [2.05, 4.69) is 35.0 Å². The Balaban J connectivity index is 1.86. The summed E-state index contributed by atoms with van der Waals surface area (Å²) in [7, 11) is 0. The van der Waals surface area contributed by atoms with Gasteiger partial charge in [-0.3, -0.25) is 4.79 Å². The van der Waals surface area contributed by atoms with Crippen LogP contribution in [0.2, 0.25) is 0 Å². The van der Waals surface area contributed by atoms with Crippen molar-refractivity contribution in [1.29, 1.82) is 0 Å². The Hall–Kier alpha value is -0.580. The van der Waals surface area contributed by atoms with Crippen LogP contribution in [0.15, 0.2) is 45.8 Å². The number of aryl methyl sites for hydroxylation is 1. The molecule has 0 atom stereocenters. The number of carbonyl (C=O) groups excluding carboxylic acids is 1. The number of carbonyl (C=O) groups is 1. The molecule has 1 aromatic heterocycles. The summed E-state index contributed by atoms with van der Waals surface area (Å²) >= 11 is 6.84. The molecule has 0 amide bonds. The molecule has 0 saturated heterocycles. The average Bonchev–Trinajstić information content (AvgIpc) is 2.85. The molecular formula is C15H15BrOS2. The molecule has 2 rings (SSSR count). The highest BCUT2D eigenvalue weighted by molar-refractivity contribution is 9.10. The van der Waals surface area contributed by atoms with E-state index < -0.39 is 0 Å². The highest BCUT2D eigenvalue weighted by Gasteiger charge is 2.08. The van der Waals surface area contributed by atoms with Crippen LogP contribution in [-0.4, -0.2) is 11.5 Å². The van der Waals surface area contributed by atoms with Gasteiger partial charge in [0, 0.05) is 25.5 Å². The van der Waals surface area contributed by atoms with Crippen molar-refractivity contribution in [2.45, 2.75) is 24.7 Å². The van der Waals surface area contributed by atoms with Crippen molar-refractivity contribution in [2.75, 3.05) is 5.75 Å². The van der Waals surface area contributed by atoms with E-state index in [-0.39, 0.29) is 5.78 Å². The molecule has 2 aromatic rings. The van der Waals surface area contributed by atoms with Crippen molar-refractivity contribution >= 4 is 44.8 Å². The van der Waals surface area contributed by atoms with Crippen molar-refractivity contribution in [3.63, 3.8) is 0 Å². The Bertz CT molecular complexity index is 563. The number of benzene rings is 1. The van der Waals surface area contributed by atoms with Crippen LogP contribution in [-0.2, 0) is 17.6 Å². The SMILES string of the molecule is CCc1ccc(CC(=O)CSc2ccccc2Br)s1. The third-order valence-corrected chi connectivity index (χ3v) is 5.98. The molecule has 0 N–H and O–H groups in total. The molecule has 0 spiro atoms. The second-order valence-corrected chi connectivity index (χ2v) is 7.28. The van der Waals surface area contributed by atoms with Gasteiger partial charge in [0.1, 0.15) is 5.78 Å². The average molecular weight is 355 g/mol. The zero-order valence-electron chi connectivity index (χ0n) is 10.7. The molecule has 0 unspecified atom stereocenters. The molecule has 0 radical (unpaired) electrons. The number of Topliss-reactive ketones (excluding diaryl/α,β-unsaturated/α-hetero) is 1. The fraction of sp³-hybridized carbons (Fsp3) is 0.267. The van der Waals surface area contributed by atoms with Gasteiger partial charge in [0.15, 0.2) is 0 Å². The van der Waals surface area contributed by atoms with Gasteiger partial charge in [0.05, 0.1) is 5.75 Å². The molecule has 4 heteroatoms. The molecule has 1 nitrogen and oxygen atoms in total. The molecule has 100 valence electrons. The molecule has 0 aliphatic heterocycles. The smallest absolute Gasteiger partial charge is 0.148 e. The zero-order valence-corrected chi connectivity index (χ0v) is 13.9. The van der Waals surface area contributed by atoms with Crippen LogP contribution in [0, 0.1) is 0 Å². The minimum atomic E-state index is 0.283. The van der Waals surface area contributed by atoms with E-state index in [1.165, 1.54) is 9.75 Å². The van der Waals surface area contributed by atoms with E-state index >= 15 is 0 Å². The van der Waals surface area contributed by atoms with Gasteiger partial charge >= 0.3 is 0 Å². The largest absolute Gasteiger partial charge is 0.298 e. The molecule has 0 aliphatic rings. The predicted octanol–water partition coefficient (Wildman–Crippen LogP) is 4.98. The third kappa shape index (κ3) is 4.48. The summed E-state index contributed by atoms with van der Waals surface area (Å²) in [6.45, 7) is 2.14. The number of hydrogen-bond donors (Lipinski definition) is 0. The van der Waals surface area contributed by atoms with Crippen molar-refractivity contribution in [3.8, 4) is 0 Å². The van der Waals surface area contributed by atoms with E-state index in [1.54, 1.807) is 23.1 Å². The number of ketones is 1. The molecule has 19 heavy (non-hydrogen) atoms. The maximum atomic E-state index is 12.0. The van der Waals surface area contributed by atoms with Gasteiger partial charge in [0.2, 0.25) is 0 Å². The minimum absolute atomic E-state index is 0.283. The van der Waals surface area contributed by atoms with Crippen LogP contribution in [0.4, 0.5) is 0 Å².